The summed E-state index contributed by atoms with van der Waals surface area (Å²) in [6.07, 6.45) is 2.41. The van der Waals surface area contributed by atoms with E-state index in [2.05, 4.69) is 20.6 Å². The molecule has 8 atom stereocenters. The first-order chi connectivity index (χ1) is 42.0. The Bertz CT molecular complexity index is 2870. The molecule has 0 unspecified atom stereocenters. The van der Waals surface area contributed by atoms with Gasteiger partial charge in [-0.25, -0.2) is 10.1 Å². The first kappa shape index (κ1) is 69.4. The van der Waals surface area contributed by atoms with Gasteiger partial charge in [0.15, 0.2) is 0 Å². The summed E-state index contributed by atoms with van der Waals surface area (Å²) in [5.41, 5.74) is 19.4. The van der Waals surface area contributed by atoms with Crippen molar-refractivity contribution in [2.75, 3.05) is 66.7 Å². The van der Waals surface area contributed by atoms with Gasteiger partial charge in [0.1, 0.15) is 61.2 Å². The van der Waals surface area contributed by atoms with Crippen molar-refractivity contribution >= 4 is 23.5 Å². The van der Waals surface area contributed by atoms with E-state index in [4.69, 9.17) is 59.6 Å². The third-order valence-corrected chi connectivity index (χ3v) is 16.1. The molecule has 0 saturated carbocycles. The lowest BCUT2D eigenvalue weighted by Gasteiger charge is -2.41. The second-order valence-corrected chi connectivity index (χ2v) is 21.8. The number of nitrogens with two attached hydrogens (primary N) is 2. The molecule has 7 rings (SSSR count). The number of aliphatic hydroxyl groups is 2. The van der Waals surface area contributed by atoms with Gasteiger partial charge in [-0.05, 0) is 71.6 Å². The molecule has 0 radical (unpaired) electrons. The summed E-state index contributed by atoms with van der Waals surface area (Å²) >= 11 is 2.88. The third kappa shape index (κ3) is 22.8. The number of ether oxygens (including phenoxy) is 6. The molecule has 452 valence electrons. The largest absolute Gasteiger partial charge is 0.539 e. The summed E-state index contributed by atoms with van der Waals surface area (Å²) in [7, 11) is 3.25. The van der Waals surface area contributed by atoms with E-state index in [-0.39, 0.29) is 37.2 Å². The molecule has 1 saturated heterocycles. The van der Waals surface area contributed by atoms with E-state index in [0.717, 1.165) is 37.6 Å². The molecule has 0 amide bonds. The van der Waals surface area contributed by atoms with Gasteiger partial charge in [-0.2, -0.15) is 9.69 Å². The van der Waals surface area contributed by atoms with Gasteiger partial charge in [-0.15, -0.1) is 23.5 Å². The first-order valence-corrected chi connectivity index (χ1v) is 30.6. The second-order valence-electron chi connectivity index (χ2n) is 19.9. The van der Waals surface area contributed by atoms with Crippen LogP contribution in [0.25, 0.3) is 14.5 Å². The van der Waals surface area contributed by atoms with Crippen LogP contribution in [0, 0.1) is 31.0 Å². The fourth-order valence-corrected chi connectivity index (χ4v) is 11.0. The number of nitriles is 1. The molecule has 0 bridgehead atoms. The van der Waals surface area contributed by atoms with Crippen molar-refractivity contribution in [3.63, 3.8) is 0 Å². The van der Waals surface area contributed by atoms with Crippen molar-refractivity contribution < 1.29 is 38.6 Å². The van der Waals surface area contributed by atoms with Crippen LogP contribution in [-0.4, -0.2) is 135 Å². The first-order valence-electron chi connectivity index (χ1n) is 28.1. The summed E-state index contributed by atoms with van der Waals surface area (Å²) in [4.78, 5) is 13.8. The Morgan fingerprint density at radius 1 is 0.523 bits per heavy atom. The van der Waals surface area contributed by atoms with Gasteiger partial charge in [0.05, 0.1) is 51.2 Å². The van der Waals surface area contributed by atoms with Gasteiger partial charge >= 0.3 is 11.5 Å². The van der Waals surface area contributed by atoms with Crippen LogP contribution < -0.4 is 11.5 Å². The molecule has 86 heavy (non-hydrogen) atoms. The average molecular weight is 1200 g/mol. The minimum atomic E-state index is -1.16. The predicted molar refractivity (Wildman–Crippen MR) is 342 cm³/mol. The van der Waals surface area contributed by atoms with Crippen molar-refractivity contribution in [3.8, 4) is 6.07 Å². The standard InChI is InChI=1S/C36H34N4O2.C26H40N2O6.C6H6N2S2/c1-38-31(24-37)36-39(25-29-18-10-4-11-19-29)32(22-27-14-6-2-7-15-27)34(41)35(42)33(23-28-16-8-3-9-17-28)40(36)26-30-20-12-5-13-21-30;1-29-13-15-31-19-33-25(23(27)17-21-9-5-3-6-10-21)26(34-20-32-16-14-30-2)24(28)18-22-11-7-4-8-12-22;1-7-5(8-2)6(9-3)10-4/h2-21,32-35,41-42H,22-23,25-26H2;3-12,23-26H,13-20,27-28H2,1-2H3;3-4H3/t32-,33-,34+,35+;23-,24-,25+,26+;/m11./s1. The predicted octanol–water partition coefficient (Wildman–Crippen LogP) is 10.4. The molecule has 1 aliphatic heterocycles. The minimum Gasteiger partial charge on any atom is -0.388 e. The molecule has 6 aromatic rings. The van der Waals surface area contributed by atoms with Gasteiger partial charge in [-0.3, -0.25) is 0 Å². The van der Waals surface area contributed by atoms with E-state index in [9.17, 15) is 15.5 Å². The number of benzene rings is 6. The van der Waals surface area contributed by atoms with Gasteiger partial charge < -0.3 is 59.9 Å². The number of thioether (sulfide) groups is 2. The average Bonchev–Trinajstić information content (AvgIpc) is 2.20. The molecular weight excluding hydrogens is 1120 g/mol. The SMILES string of the molecule is COCCOCO[C@H]([C@@H](OCOCCOC)[C@H](N)Cc1ccccc1)[C@H](N)Cc1ccccc1.[C-]#[N+]C(C#N)=C1N(Cc2ccccc2)[C@H](Cc2ccccc2)[C@H](O)[C@@H](O)[C@@H](Cc2ccccc2)N1Cc1ccccc1.[C-]#[N+]C([N+]#[C-])=C(SC)SC. The van der Waals surface area contributed by atoms with E-state index in [0.29, 0.717) is 71.0 Å². The molecule has 16 nitrogen and oxygen atoms in total. The highest BCUT2D eigenvalue weighted by molar-refractivity contribution is 8.21. The number of aliphatic hydroxyl groups excluding tert-OH is 2. The molecule has 1 aliphatic rings. The molecule has 0 aliphatic carbocycles. The molecule has 6 aromatic carbocycles. The van der Waals surface area contributed by atoms with Crippen molar-refractivity contribution in [3.05, 3.63) is 271 Å². The Morgan fingerprint density at radius 2 is 0.849 bits per heavy atom. The van der Waals surface area contributed by atoms with Crippen molar-refractivity contribution in [1.29, 1.82) is 5.26 Å². The maximum atomic E-state index is 12.0. The van der Waals surface area contributed by atoms with Gasteiger partial charge in [0, 0.05) is 39.4 Å². The Balaban J connectivity index is 0.000000276. The summed E-state index contributed by atoms with van der Waals surface area (Å²) in [6, 6.07) is 59.6. The third-order valence-electron chi connectivity index (χ3n) is 14.0. The fourth-order valence-electron chi connectivity index (χ4n) is 9.78. The van der Waals surface area contributed by atoms with Crippen LogP contribution in [-0.2, 0) is 67.2 Å². The summed E-state index contributed by atoms with van der Waals surface area (Å²) in [5.74, 6) is 0.609. The van der Waals surface area contributed by atoms with Gasteiger partial charge in [-0.1, -0.05) is 182 Å². The summed E-state index contributed by atoms with van der Waals surface area (Å²) < 4.78 is 34.3. The second kappa shape index (κ2) is 40.1. The fraction of sp³-hybridized carbons (Fsp3) is 0.353. The maximum absolute atomic E-state index is 12.0. The number of hydrogen-bond donors (Lipinski definition) is 4. The lowest BCUT2D eigenvalue weighted by molar-refractivity contribution is -0.181. The van der Waals surface area contributed by atoms with E-state index >= 15 is 0 Å². The summed E-state index contributed by atoms with van der Waals surface area (Å²) in [6.45, 7) is 23.9. The molecule has 6 N–H and O–H groups in total. The molecule has 0 aromatic heterocycles. The number of methoxy groups -OCH3 is 2. The Kier molecular flexibility index (Phi) is 32.4. The van der Waals surface area contributed by atoms with Crippen LogP contribution in [0.15, 0.2) is 204 Å². The van der Waals surface area contributed by atoms with Crippen LogP contribution >= 0.6 is 23.5 Å². The van der Waals surface area contributed by atoms with Crippen molar-refractivity contribution in [2.45, 2.75) is 87.4 Å². The van der Waals surface area contributed by atoms with Crippen molar-refractivity contribution in [1.82, 2.24) is 9.80 Å². The highest BCUT2D eigenvalue weighted by Crippen LogP contribution is 2.36. The topological polar surface area (TPSA) is 191 Å². The van der Waals surface area contributed by atoms with Crippen LogP contribution in [0.2, 0.25) is 0 Å². The van der Waals surface area contributed by atoms with E-state index in [1.165, 1.54) is 23.5 Å². The van der Waals surface area contributed by atoms with E-state index < -0.39 is 36.5 Å². The Labute approximate surface area is 517 Å². The van der Waals surface area contributed by atoms with Crippen molar-refractivity contribution in [2.24, 2.45) is 11.5 Å². The highest BCUT2D eigenvalue weighted by atomic mass is 32.2. The van der Waals surface area contributed by atoms with Crippen LogP contribution in [0.5, 0.6) is 0 Å². The van der Waals surface area contributed by atoms with Crippen LogP contribution in [0.1, 0.15) is 33.4 Å². The molecule has 1 fully saturated rings. The normalized spacial score (nSPS) is 16.8. The lowest BCUT2D eigenvalue weighted by atomic mass is 9.91. The highest BCUT2D eigenvalue weighted by Gasteiger charge is 2.46. The Morgan fingerprint density at radius 3 is 1.13 bits per heavy atom. The van der Waals surface area contributed by atoms with Crippen LogP contribution in [0.3, 0.4) is 0 Å². The van der Waals surface area contributed by atoms with Crippen LogP contribution in [0.4, 0.5) is 0 Å². The monoisotopic (exact) mass is 1200 g/mol. The molecule has 1 heterocycles. The van der Waals surface area contributed by atoms with Gasteiger partial charge in [0.2, 0.25) is 0 Å². The smallest absolute Gasteiger partial charge is 0.388 e. The quantitative estimate of drug-likeness (QED) is 0.0150. The zero-order valence-corrected chi connectivity index (χ0v) is 51.1. The zero-order valence-electron chi connectivity index (χ0n) is 49.4. The number of nitrogens with zero attached hydrogens (tertiary/aromatic N) is 6. The maximum Gasteiger partial charge on any atom is 0.539 e. The number of allylic oxidation sites excluding steroid dienone is 1. The number of rotatable bonds is 29. The number of hydrogen-bond acceptors (Lipinski definition) is 15. The molecular formula is C68H80N8O8S2. The zero-order chi connectivity index (χ0) is 61.7. The van der Waals surface area contributed by atoms with E-state index in [1.54, 1.807) is 14.2 Å². The lowest BCUT2D eigenvalue weighted by Crippen LogP contribution is -2.55. The molecule has 18 heteroatoms. The van der Waals surface area contributed by atoms with E-state index in [1.807, 2.05) is 204 Å². The summed E-state index contributed by atoms with van der Waals surface area (Å²) in [5, 5.41) is 34.3. The Hall–Kier alpha value is -7.34. The minimum absolute atomic E-state index is 0.0545. The molecule has 0 spiro atoms. The van der Waals surface area contributed by atoms with Gasteiger partial charge in [0.25, 0.3) is 0 Å².